The summed E-state index contributed by atoms with van der Waals surface area (Å²) in [5.74, 6) is -0.910. The van der Waals surface area contributed by atoms with Crippen molar-refractivity contribution in [2.24, 2.45) is 0 Å². The molecule has 0 fully saturated rings. The molecule has 3 unspecified atom stereocenters. The molecular formula is C43H77NO9P+. The van der Waals surface area contributed by atoms with Crippen molar-refractivity contribution < 1.29 is 47.2 Å². The Balaban J connectivity index is 4.58. The van der Waals surface area contributed by atoms with Crippen LogP contribution in [0.25, 0.3) is 0 Å². The molecule has 0 aliphatic carbocycles. The van der Waals surface area contributed by atoms with Crippen LogP contribution in [-0.4, -0.2) is 86.1 Å². The van der Waals surface area contributed by atoms with Crippen LogP contribution >= 0.6 is 7.82 Å². The molecule has 0 aromatic heterocycles. The molecule has 2 N–H and O–H groups in total. The molecule has 10 nitrogen and oxygen atoms in total. The largest absolute Gasteiger partial charge is 0.472 e. The lowest BCUT2D eigenvalue weighted by molar-refractivity contribution is -0.870. The summed E-state index contributed by atoms with van der Waals surface area (Å²) in [6.07, 6.45) is 37.3. The highest BCUT2D eigenvalue weighted by Crippen LogP contribution is 2.43. The Morgan fingerprint density at radius 3 is 1.93 bits per heavy atom. The third-order valence-electron chi connectivity index (χ3n) is 8.39. The second-order valence-electron chi connectivity index (χ2n) is 14.8. The number of esters is 2. The average Bonchev–Trinajstić information content (AvgIpc) is 3.11. The first kappa shape index (κ1) is 51.7. The Labute approximate surface area is 329 Å². The molecule has 54 heavy (non-hydrogen) atoms. The SMILES string of the molecule is CC/C=C\C/C=C\CC(O)/C=C/C=C\C/C=C\CCCC(=O)OC(COC(=O)CCCCCCCCCCCCCC)COP(=O)(O)OCC[N+](C)(C)C. The molecule has 0 amide bonds. The lowest BCUT2D eigenvalue weighted by Gasteiger charge is -2.24. The van der Waals surface area contributed by atoms with Crippen LogP contribution < -0.4 is 0 Å². The lowest BCUT2D eigenvalue weighted by Crippen LogP contribution is -2.37. The number of allylic oxidation sites excluding steroid dienone is 8. The molecule has 3 atom stereocenters. The van der Waals surface area contributed by atoms with Gasteiger partial charge in [0.1, 0.15) is 19.8 Å². The zero-order valence-electron chi connectivity index (χ0n) is 34.5. The summed E-state index contributed by atoms with van der Waals surface area (Å²) in [6.45, 7) is 4.12. The number of rotatable bonds is 36. The fraction of sp³-hybridized carbons (Fsp3) is 0.721. The van der Waals surface area contributed by atoms with Crippen LogP contribution in [0.4, 0.5) is 0 Å². The van der Waals surface area contributed by atoms with E-state index in [0.717, 1.165) is 38.5 Å². The van der Waals surface area contributed by atoms with E-state index in [0.29, 0.717) is 30.3 Å². The summed E-state index contributed by atoms with van der Waals surface area (Å²) in [4.78, 5) is 35.2. The number of carbonyl (C=O) groups excluding carboxylic acids is 2. The number of carbonyl (C=O) groups is 2. The van der Waals surface area contributed by atoms with E-state index in [1.165, 1.54) is 57.8 Å². The maximum absolute atomic E-state index is 12.6. The van der Waals surface area contributed by atoms with E-state index in [9.17, 15) is 24.2 Å². The van der Waals surface area contributed by atoms with Crippen molar-refractivity contribution in [2.45, 2.75) is 154 Å². The predicted molar refractivity (Wildman–Crippen MR) is 221 cm³/mol. The number of quaternary nitrogens is 1. The number of unbranched alkanes of at least 4 members (excludes halogenated alkanes) is 12. The number of phosphoric acid groups is 1. The number of ether oxygens (including phenoxy) is 2. The monoisotopic (exact) mass is 783 g/mol. The molecule has 0 aromatic carbocycles. The predicted octanol–water partition coefficient (Wildman–Crippen LogP) is 10.3. The number of likely N-dealkylation sites (N-methyl/N-ethyl adjacent to an activating group) is 1. The van der Waals surface area contributed by atoms with Crippen LogP contribution in [-0.2, 0) is 32.7 Å². The Morgan fingerprint density at radius 1 is 0.685 bits per heavy atom. The third-order valence-corrected chi connectivity index (χ3v) is 9.38. The molecule has 0 radical (unpaired) electrons. The maximum Gasteiger partial charge on any atom is 0.472 e. The van der Waals surface area contributed by atoms with E-state index in [1.807, 2.05) is 57.6 Å². The van der Waals surface area contributed by atoms with E-state index in [2.05, 4.69) is 32.1 Å². The van der Waals surface area contributed by atoms with Crippen LogP contribution in [0.5, 0.6) is 0 Å². The summed E-state index contributed by atoms with van der Waals surface area (Å²) in [5.41, 5.74) is 0. The van der Waals surface area contributed by atoms with Gasteiger partial charge in [-0.3, -0.25) is 18.6 Å². The average molecular weight is 783 g/mol. The van der Waals surface area contributed by atoms with E-state index in [4.69, 9.17) is 18.5 Å². The molecule has 0 rings (SSSR count). The molecule has 0 bridgehead atoms. The Hall–Kier alpha value is -2.33. The van der Waals surface area contributed by atoms with E-state index in [-0.39, 0.29) is 26.1 Å². The standard InChI is InChI=1S/C43H76NO9P/c1-6-8-10-12-14-15-16-17-18-22-26-30-34-42(46)50-38-41(39-52-54(48,49)51-37-36-44(3,4)5)53-43(47)35-31-27-23-20-19-21-25-29-33-40(45)32-28-24-13-11-9-7-2/h9,11,20-21,23-25,28-29,33,40-41,45H,6-8,10,12-19,22,26-27,30-32,34-39H2,1-5H3/p+1/b11-9-,23-20-,25-21-,28-24-,33-29+. The van der Waals surface area contributed by atoms with Gasteiger partial charge in [-0.05, 0) is 44.9 Å². The zero-order chi connectivity index (χ0) is 40.2. The maximum atomic E-state index is 12.6. The quantitative estimate of drug-likeness (QED) is 0.0159. The molecule has 0 aliphatic rings. The van der Waals surface area contributed by atoms with Crippen LogP contribution in [0.2, 0.25) is 0 Å². The number of hydrogen-bond acceptors (Lipinski definition) is 8. The molecule has 11 heteroatoms. The van der Waals surface area contributed by atoms with Gasteiger partial charge in [0.25, 0.3) is 0 Å². The number of hydrogen-bond donors (Lipinski definition) is 2. The summed E-state index contributed by atoms with van der Waals surface area (Å²) in [6, 6.07) is 0. The number of phosphoric ester groups is 1. The van der Waals surface area contributed by atoms with Gasteiger partial charge < -0.3 is 24.0 Å². The molecule has 0 spiro atoms. The van der Waals surface area contributed by atoms with Gasteiger partial charge in [-0.1, -0.05) is 145 Å². The lowest BCUT2D eigenvalue weighted by atomic mass is 10.0. The van der Waals surface area contributed by atoms with Crippen molar-refractivity contribution in [1.82, 2.24) is 0 Å². The van der Waals surface area contributed by atoms with E-state index in [1.54, 1.807) is 6.08 Å². The molecule has 0 heterocycles. The third kappa shape index (κ3) is 38.0. The molecule has 0 aromatic rings. The highest BCUT2D eigenvalue weighted by Gasteiger charge is 2.27. The topological polar surface area (TPSA) is 129 Å². The van der Waals surface area contributed by atoms with Gasteiger partial charge >= 0.3 is 19.8 Å². The van der Waals surface area contributed by atoms with Gasteiger partial charge in [-0.15, -0.1) is 0 Å². The number of aliphatic hydroxyl groups is 1. The Kier molecular flexibility index (Phi) is 33.6. The smallest absolute Gasteiger partial charge is 0.462 e. The summed E-state index contributed by atoms with van der Waals surface area (Å²) >= 11 is 0. The summed E-state index contributed by atoms with van der Waals surface area (Å²) in [5, 5.41) is 10.0. The van der Waals surface area contributed by atoms with Gasteiger partial charge in [-0.25, -0.2) is 4.57 Å². The molecular weight excluding hydrogens is 705 g/mol. The van der Waals surface area contributed by atoms with Gasteiger partial charge in [0, 0.05) is 12.8 Å². The van der Waals surface area contributed by atoms with Crippen LogP contribution in [0, 0.1) is 0 Å². The molecule has 0 saturated carbocycles. The van der Waals surface area contributed by atoms with Crippen molar-refractivity contribution in [3.05, 3.63) is 60.8 Å². The van der Waals surface area contributed by atoms with Crippen molar-refractivity contribution in [1.29, 1.82) is 0 Å². The fourth-order valence-corrected chi connectivity index (χ4v) is 5.87. The van der Waals surface area contributed by atoms with Crippen molar-refractivity contribution in [2.75, 3.05) is 47.5 Å². The van der Waals surface area contributed by atoms with Crippen LogP contribution in [0.3, 0.4) is 0 Å². The van der Waals surface area contributed by atoms with Crippen LogP contribution in [0.15, 0.2) is 60.8 Å². The van der Waals surface area contributed by atoms with Gasteiger partial charge in [-0.2, -0.15) is 0 Å². The van der Waals surface area contributed by atoms with E-state index >= 15 is 0 Å². The number of aliphatic hydroxyl groups excluding tert-OH is 1. The van der Waals surface area contributed by atoms with Crippen molar-refractivity contribution in [3.63, 3.8) is 0 Å². The van der Waals surface area contributed by atoms with Gasteiger partial charge in [0.15, 0.2) is 6.10 Å². The molecule has 0 saturated heterocycles. The second kappa shape index (κ2) is 35.1. The van der Waals surface area contributed by atoms with E-state index < -0.39 is 38.6 Å². The summed E-state index contributed by atoms with van der Waals surface area (Å²) < 4.78 is 34.1. The minimum Gasteiger partial charge on any atom is -0.462 e. The molecule has 0 aliphatic heterocycles. The normalized spacial score (nSPS) is 14.9. The minimum atomic E-state index is -4.40. The first-order valence-corrected chi connectivity index (χ1v) is 22.1. The highest BCUT2D eigenvalue weighted by molar-refractivity contribution is 7.47. The highest BCUT2D eigenvalue weighted by atomic mass is 31.2. The zero-order valence-corrected chi connectivity index (χ0v) is 35.4. The Morgan fingerprint density at radius 2 is 1.28 bits per heavy atom. The van der Waals surface area contributed by atoms with Crippen LogP contribution in [0.1, 0.15) is 142 Å². The molecule has 312 valence electrons. The summed E-state index contributed by atoms with van der Waals surface area (Å²) in [7, 11) is 1.39. The minimum absolute atomic E-state index is 0.00828. The van der Waals surface area contributed by atoms with Crippen molar-refractivity contribution in [3.8, 4) is 0 Å². The van der Waals surface area contributed by atoms with Crippen molar-refractivity contribution >= 4 is 19.8 Å². The van der Waals surface area contributed by atoms with Gasteiger partial charge in [0.05, 0.1) is 33.9 Å². The fourth-order valence-electron chi connectivity index (χ4n) is 5.13. The first-order valence-electron chi connectivity index (χ1n) is 20.6. The first-order chi connectivity index (χ1) is 25.9. The Bertz CT molecular complexity index is 1130. The van der Waals surface area contributed by atoms with Gasteiger partial charge in [0.2, 0.25) is 0 Å². The number of nitrogens with zero attached hydrogens (tertiary/aromatic N) is 1. The second-order valence-corrected chi connectivity index (χ2v) is 16.3.